The Labute approximate surface area is 192 Å². The largest absolute Gasteiger partial charge is 0.443 e. The Morgan fingerprint density at radius 1 is 1.22 bits per heavy atom. The number of amidine groups is 1. The van der Waals surface area contributed by atoms with E-state index in [4.69, 9.17) is 22.1 Å². The molecule has 3 aromatic rings. The third kappa shape index (κ3) is 5.00. The van der Waals surface area contributed by atoms with Crippen molar-refractivity contribution in [1.29, 1.82) is 0 Å². The maximum Gasteiger partial charge on any atom is 0.420 e. The highest BCUT2D eigenvalue weighted by atomic mass is 35.5. The summed E-state index contributed by atoms with van der Waals surface area (Å²) in [7, 11) is 1.88. The topological polar surface area (TPSA) is 85.7 Å². The Bertz CT molecular complexity index is 1200. The van der Waals surface area contributed by atoms with Gasteiger partial charge in [0.05, 0.1) is 16.7 Å². The number of aromatic nitrogens is 2. The molecule has 0 fully saturated rings. The zero-order valence-corrected chi connectivity index (χ0v) is 19.3. The molecule has 0 radical (unpaired) electrons. The molecule has 0 saturated carbocycles. The number of nitrogens with zero attached hydrogens (tertiary/aromatic N) is 4. The molecule has 2 aromatic carbocycles. The van der Waals surface area contributed by atoms with Crippen LogP contribution in [0.5, 0.6) is 0 Å². The molecule has 8 heteroatoms. The first-order valence-corrected chi connectivity index (χ1v) is 10.4. The summed E-state index contributed by atoms with van der Waals surface area (Å²) in [5.41, 5.74) is 7.85. The van der Waals surface area contributed by atoms with Crippen LogP contribution >= 0.6 is 11.6 Å². The number of amides is 1. The smallest absolute Gasteiger partial charge is 0.420 e. The van der Waals surface area contributed by atoms with Crippen LogP contribution in [0.4, 0.5) is 10.5 Å². The summed E-state index contributed by atoms with van der Waals surface area (Å²) in [6.45, 7) is 9.22. The van der Waals surface area contributed by atoms with Gasteiger partial charge in [-0.1, -0.05) is 30.3 Å². The summed E-state index contributed by atoms with van der Waals surface area (Å²) in [4.78, 5) is 23.7. The Hall–Kier alpha value is -3.58. The van der Waals surface area contributed by atoms with E-state index in [9.17, 15) is 4.79 Å². The number of anilines is 1. The van der Waals surface area contributed by atoms with Crippen molar-refractivity contribution in [1.82, 2.24) is 9.55 Å². The number of para-hydroxylation sites is 2. The number of hydrogen-bond donors (Lipinski definition) is 1. The van der Waals surface area contributed by atoms with Gasteiger partial charge < -0.3 is 15.0 Å². The van der Waals surface area contributed by atoms with Crippen molar-refractivity contribution in [3.05, 3.63) is 78.2 Å². The molecule has 7 nitrogen and oxygen atoms in total. The van der Waals surface area contributed by atoms with Crippen LogP contribution in [0.3, 0.4) is 0 Å². The maximum absolute atomic E-state index is 13.1. The molecular weight excluding hydrogens is 426 g/mol. The standard InChI is InChI=1S/C24H26ClN5O2/c1-6-21(27-19(15-26)22-28-18-9-7-8-10-20(18)29(22)5)30(23(31)32-24(2,3)4)17-13-11-16(25)12-14-17/h6-15H,1,26H2,2-5H3/b19-15-,27-21+. The molecule has 0 aliphatic rings. The van der Waals surface area contributed by atoms with E-state index in [1.165, 1.54) is 17.2 Å². The van der Waals surface area contributed by atoms with Crippen LogP contribution in [0.25, 0.3) is 16.7 Å². The summed E-state index contributed by atoms with van der Waals surface area (Å²) in [5, 5.41) is 0.539. The van der Waals surface area contributed by atoms with Crippen LogP contribution in [0.2, 0.25) is 5.02 Å². The van der Waals surface area contributed by atoms with E-state index in [-0.39, 0.29) is 5.84 Å². The summed E-state index contributed by atoms with van der Waals surface area (Å²) in [6.07, 6.45) is 2.20. The molecule has 1 heterocycles. The molecule has 0 bridgehead atoms. The monoisotopic (exact) mass is 451 g/mol. The van der Waals surface area contributed by atoms with Gasteiger partial charge in [0.15, 0.2) is 5.82 Å². The van der Waals surface area contributed by atoms with E-state index in [1.807, 2.05) is 35.9 Å². The van der Waals surface area contributed by atoms with Crippen molar-refractivity contribution in [2.24, 2.45) is 17.8 Å². The van der Waals surface area contributed by atoms with Gasteiger partial charge in [-0.2, -0.15) is 0 Å². The Morgan fingerprint density at radius 2 is 1.88 bits per heavy atom. The summed E-state index contributed by atoms with van der Waals surface area (Å²) < 4.78 is 7.50. The quantitative estimate of drug-likeness (QED) is 0.418. The van der Waals surface area contributed by atoms with E-state index in [1.54, 1.807) is 45.0 Å². The predicted octanol–water partition coefficient (Wildman–Crippen LogP) is 5.51. The molecule has 2 N–H and O–H groups in total. The molecule has 0 saturated heterocycles. The first kappa shape index (κ1) is 23.1. The van der Waals surface area contributed by atoms with Gasteiger partial charge in [-0.3, -0.25) is 0 Å². The highest BCUT2D eigenvalue weighted by molar-refractivity contribution is 6.30. The minimum Gasteiger partial charge on any atom is -0.443 e. The van der Waals surface area contributed by atoms with Gasteiger partial charge in [-0.25, -0.2) is 19.7 Å². The number of aryl methyl sites for hydroxylation is 1. The Balaban J connectivity index is 2.11. The second-order valence-corrected chi connectivity index (χ2v) is 8.44. The Morgan fingerprint density at radius 3 is 2.44 bits per heavy atom. The number of aliphatic imine (C=N–C) groups is 1. The SMILES string of the molecule is C=C/C(=N\C(=C/N)c1nc2ccccc2n1C)N(C(=O)OC(C)(C)C)c1ccc(Cl)cc1. The van der Waals surface area contributed by atoms with Crippen LogP contribution in [0.15, 0.2) is 72.4 Å². The molecule has 0 atom stereocenters. The summed E-state index contributed by atoms with van der Waals surface area (Å²) >= 11 is 6.04. The lowest BCUT2D eigenvalue weighted by molar-refractivity contribution is 0.0604. The lowest BCUT2D eigenvalue weighted by atomic mass is 10.2. The highest BCUT2D eigenvalue weighted by Gasteiger charge is 2.27. The fourth-order valence-electron chi connectivity index (χ4n) is 3.08. The van der Waals surface area contributed by atoms with E-state index < -0.39 is 11.7 Å². The van der Waals surface area contributed by atoms with Gasteiger partial charge in [-0.15, -0.1) is 0 Å². The van der Waals surface area contributed by atoms with Crippen molar-refractivity contribution >= 4 is 45.9 Å². The molecular formula is C24H26ClN5O2. The average Bonchev–Trinajstić information content (AvgIpc) is 3.07. The molecule has 0 aliphatic carbocycles. The van der Waals surface area contributed by atoms with Crippen LogP contribution in [0.1, 0.15) is 26.6 Å². The minimum absolute atomic E-state index is 0.227. The maximum atomic E-state index is 13.1. The van der Waals surface area contributed by atoms with Gasteiger partial charge in [0, 0.05) is 18.3 Å². The molecule has 0 spiro atoms. The molecule has 1 amide bonds. The van der Waals surface area contributed by atoms with Crippen molar-refractivity contribution in [2.45, 2.75) is 26.4 Å². The number of hydrogen-bond acceptors (Lipinski definition) is 5. The minimum atomic E-state index is -0.710. The molecule has 1 aromatic heterocycles. The van der Waals surface area contributed by atoms with Crippen molar-refractivity contribution in [2.75, 3.05) is 4.90 Å². The van der Waals surface area contributed by atoms with E-state index >= 15 is 0 Å². The van der Waals surface area contributed by atoms with Gasteiger partial charge in [0.2, 0.25) is 0 Å². The van der Waals surface area contributed by atoms with Crippen molar-refractivity contribution in [3.63, 3.8) is 0 Å². The molecule has 3 rings (SSSR count). The molecule has 0 unspecified atom stereocenters. The van der Waals surface area contributed by atoms with Gasteiger partial charge in [-0.05, 0) is 63.2 Å². The first-order valence-electron chi connectivity index (χ1n) is 9.98. The van der Waals surface area contributed by atoms with Crippen LogP contribution < -0.4 is 10.6 Å². The average molecular weight is 452 g/mol. The molecule has 166 valence electrons. The molecule has 32 heavy (non-hydrogen) atoms. The number of carbonyl (C=O) groups excluding carboxylic acids is 1. The second kappa shape index (κ2) is 9.28. The summed E-state index contributed by atoms with van der Waals surface area (Å²) in [6, 6.07) is 14.5. The van der Waals surface area contributed by atoms with E-state index in [0.717, 1.165) is 11.0 Å². The third-order valence-electron chi connectivity index (χ3n) is 4.48. The fraction of sp³-hybridized carbons (Fsp3) is 0.208. The van der Waals surface area contributed by atoms with E-state index in [2.05, 4.69) is 16.6 Å². The number of halogens is 1. The number of ether oxygens (including phenoxy) is 1. The number of fused-ring (bicyclic) bond motifs is 1. The zero-order chi connectivity index (χ0) is 23.5. The number of nitrogens with two attached hydrogens (primary N) is 1. The van der Waals surface area contributed by atoms with Crippen molar-refractivity contribution in [3.8, 4) is 0 Å². The summed E-state index contributed by atoms with van der Waals surface area (Å²) in [5.74, 6) is 0.777. The van der Waals surface area contributed by atoms with Gasteiger partial charge in [0.25, 0.3) is 0 Å². The van der Waals surface area contributed by atoms with Gasteiger partial charge >= 0.3 is 6.09 Å². The number of carbonyl (C=O) groups is 1. The first-order chi connectivity index (χ1) is 15.1. The van der Waals surface area contributed by atoms with Gasteiger partial charge in [0.1, 0.15) is 17.1 Å². The number of imidazole rings is 1. The van der Waals surface area contributed by atoms with Crippen LogP contribution in [-0.4, -0.2) is 27.1 Å². The normalized spacial score (nSPS) is 12.7. The zero-order valence-electron chi connectivity index (χ0n) is 18.5. The van der Waals surface area contributed by atoms with Crippen LogP contribution in [0, 0.1) is 0 Å². The van der Waals surface area contributed by atoms with Crippen molar-refractivity contribution < 1.29 is 9.53 Å². The lowest BCUT2D eigenvalue weighted by Gasteiger charge is -2.27. The van der Waals surface area contributed by atoms with Crippen LogP contribution in [-0.2, 0) is 11.8 Å². The third-order valence-corrected chi connectivity index (χ3v) is 4.73. The lowest BCUT2D eigenvalue weighted by Crippen LogP contribution is -2.40. The number of rotatable bonds is 4. The second-order valence-electron chi connectivity index (χ2n) is 8.00. The number of benzene rings is 2. The molecule has 0 aliphatic heterocycles. The highest BCUT2D eigenvalue weighted by Crippen LogP contribution is 2.25. The fourth-order valence-corrected chi connectivity index (χ4v) is 3.20. The van der Waals surface area contributed by atoms with E-state index in [0.29, 0.717) is 22.2 Å². The predicted molar refractivity (Wildman–Crippen MR) is 131 cm³/mol. The Kier molecular flexibility index (Phi) is 6.69.